The lowest BCUT2D eigenvalue weighted by Gasteiger charge is -2.33. The van der Waals surface area contributed by atoms with Crippen LogP contribution >= 0.6 is 0 Å². The van der Waals surface area contributed by atoms with Gasteiger partial charge in [0.1, 0.15) is 5.60 Å². The number of benzene rings is 2. The Kier molecular flexibility index (Phi) is 6.42. The summed E-state index contributed by atoms with van der Waals surface area (Å²) in [5.41, 5.74) is 6.14. The summed E-state index contributed by atoms with van der Waals surface area (Å²) in [6, 6.07) is 15.8. The number of carbonyl (C=O) groups is 1. The third-order valence-corrected chi connectivity index (χ3v) is 6.77. The molecule has 1 saturated heterocycles. The van der Waals surface area contributed by atoms with E-state index in [4.69, 9.17) is 4.74 Å². The summed E-state index contributed by atoms with van der Waals surface area (Å²) in [5.74, 6) is 0.461. The van der Waals surface area contributed by atoms with Crippen molar-refractivity contribution in [1.82, 2.24) is 9.88 Å². The molecule has 1 amide bonds. The number of piperidine rings is 1. The number of hydrogen-bond donors (Lipinski definition) is 2. The van der Waals surface area contributed by atoms with Gasteiger partial charge in [-0.05, 0) is 81.2 Å². The number of aromatic nitrogens is 1. The Morgan fingerprint density at radius 3 is 2.58 bits per heavy atom. The van der Waals surface area contributed by atoms with Crippen LogP contribution in [0.5, 0.6) is 0 Å². The van der Waals surface area contributed by atoms with Crippen LogP contribution in [0.4, 0.5) is 10.5 Å². The first-order valence-corrected chi connectivity index (χ1v) is 11.8. The number of nitrogens with zero attached hydrogens (tertiary/aromatic N) is 1. The molecule has 1 aliphatic carbocycles. The van der Waals surface area contributed by atoms with Crippen molar-refractivity contribution in [2.24, 2.45) is 0 Å². The fraction of sp³-hybridized carbons (Fsp3) is 0.464. The zero-order valence-electron chi connectivity index (χ0n) is 19.3. The van der Waals surface area contributed by atoms with Gasteiger partial charge in [-0.15, -0.1) is 0 Å². The maximum absolute atomic E-state index is 12.4. The molecule has 0 radical (unpaired) electrons. The fourth-order valence-corrected chi connectivity index (χ4v) is 5.18. The van der Waals surface area contributed by atoms with E-state index >= 15 is 0 Å². The quantitative estimate of drug-likeness (QED) is 0.454. The topological polar surface area (TPSA) is 57.4 Å². The van der Waals surface area contributed by atoms with Gasteiger partial charge in [-0.2, -0.15) is 0 Å². The summed E-state index contributed by atoms with van der Waals surface area (Å²) in [4.78, 5) is 17.7. The monoisotopic (exact) mass is 447 g/mol. The van der Waals surface area contributed by atoms with E-state index in [-0.39, 0.29) is 13.5 Å². The van der Waals surface area contributed by atoms with Gasteiger partial charge in [0, 0.05) is 35.9 Å². The Morgan fingerprint density at radius 2 is 1.82 bits per heavy atom. The van der Waals surface area contributed by atoms with Gasteiger partial charge >= 0.3 is 6.09 Å². The second kappa shape index (κ2) is 9.12. The van der Waals surface area contributed by atoms with Crippen LogP contribution in [0.2, 0.25) is 0 Å². The molecule has 1 atom stereocenters. The Hall–Kier alpha value is -2.95. The first-order chi connectivity index (χ1) is 15.4. The predicted octanol–water partition coefficient (Wildman–Crippen LogP) is 7.02. The van der Waals surface area contributed by atoms with Crippen molar-refractivity contribution in [3.8, 4) is 0 Å². The first-order valence-electron chi connectivity index (χ1n) is 11.8. The summed E-state index contributed by atoms with van der Waals surface area (Å²) in [7, 11) is 0. The summed E-state index contributed by atoms with van der Waals surface area (Å²) in [6.45, 7) is 7.23. The number of ether oxygens (including phenoxy) is 1. The molecule has 1 fully saturated rings. The highest BCUT2D eigenvalue weighted by molar-refractivity contribution is 5.87. The molecule has 2 aromatic carbocycles. The van der Waals surface area contributed by atoms with Gasteiger partial charge in [0.15, 0.2) is 0 Å². The maximum atomic E-state index is 12.4. The Labute approximate surface area is 197 Å². The summed E-state index contributed by atoms with van der Waals surface area (Å²) < 4.78 is 5.54. The van der Waals surface area contributed by atoms with Gasteiger partial charge in [-0.25, -0.2) is 4.79 Å². The van der Waals surface area contributed by atoms with Crippen LogP contribution in [0.25, 0.3) is 10.9 Å². The lowest BCUT2D eigenvalue weighted by Crippen LogP contribution is -2.41. The minimum atomic E-state index is -0.447. The molecule has 2 aliphatic rings. The van der Waals surface area contributed by atoms with E-state index in [9.17, 15) is 4.79 Å². The lowest BCUT2D eigenvalue weighted by atomic mass is 9.89. The lowest BCUT2D eigenvalue weighted by molar-refractivity contribution is 0.0205. The number of hydrogen-bond acceptors (Lipinski definition) is 3. The van der Waals surface area contributed by atoms with Gasteiger partial charge in [0.25, 0.3) is 0 Å². The average Bonchev–Trinajstić information content (AvgIpc) is 3.37. The van der Waals surface area contributed by atoms with E-state index < -0.39 is 5.60 Å². The smallest absolute Gasteiger partial charge is 0.410 e. The van der Waals surface area contributed by atoms with Crippen LogP contribution in [0.1, 0.15) is 76.1 Å². The highest BCUT2D eigenvalue weighted by Crippen LogP contribution is 2.37. The number of aryl methyl sites for hydroxylation is 1. The molecule has 176 valence electrons. The molecule has 0 bridgehead atoms. The zero-order chi connectivity index (χ0) is 22.3. The predicted molar refractivity (Wildman–Crippen MR) is 136 cm³/mol. The number of rotatable bonds is 3. The van der Waals surface area contributed by atoms with E-state index in [0.29, 0.717) is 12.0 Å². The summed E-state index contributed by atoms with van der Waals surface area (Å²) in [6.07, 6.45) is 6.18. The SMILES string of the molecule is C.CC(C)(C)OC(=O)N1CCC(c2c[nH]c3cc(NC4CCc5ccccc54)ccc23)CC1. The number of fused-ring (bicyclic) bond motifs is 2. The highest BCUT2D eigenvalue weighted by atomic mass is 16.6. The van der Waals surface area contributed by atoms with Gasteiger partial charge in [0.2, 0.25) is 0 Å². The van der Waals surface area contributed by atoms with Gasteiger partial charge in [0.05, 0.1) is 6.04 Å². The molecular weight excluding hydrogens is 410 g/mol. The van der Waals surface area contributed by atoms with Crippen LogP contribution in [0, 0.1) is 0 Å². The number of carbonyl (C=O) groups excluding carboxylic acids is 1. The molecule has 0 spiro atoms. The van der Waals surface area contributed by atoms with Crippen LogP contribution in [0.15, 0.2) is 48.7 Å². The molecule has 1 unspecified atom stereocenters. The number of anilines is 1. The van der Waals surface area contributed by atoms with Crippen molar-refractivity contribution in [2.45, 2.75) is 71.4 Å². The molecule has 5 nitrogen and oxygen atoms in total. The molecule has 33 heavy (non-hydrogen) atoms. The normalized spacial score (nSPS) is 18.6. The molecule has 0 saturated carbocycles. The van der Waals surface area contributed by atoms with E-state index in [1.54, 1.807) is 0 Å². The van der Waals surface area contributed by atoms with E-state index in [2.05, 4.69) is 59.0 Å². The number of amides is 1. The van der Waals surface area contributed by atoms with Crippen molar-refractivity contribution in [1.29, 1.82) is 0 Å². The second-order valence-corrected chi connectivity index (χ2v) is 10.2. The van der Waals surface area contributed by atoms with Gasteiger partial charge < -0.3 is 19.9 Å². The first kappa shape index (κ1) is 23.2. The fourth-order valence-electron chi connectivity index (χ4n) is 5.18. The standard InChI is InChI=1S/C27H33N3O2.CH4/c1-27(2,3)32-26(31)30-14-12-19(13-15-30)23-17-28-25-16-20(9-10-22(23)25)29-24-11-8-18-6-4-5-7-21(18)24;/h4-7,9-10,16-17,19,24,28-29H,8,11-15H2,1-3H3;1H4. The van der Waals surface area contributed by atoms with Gasteiger partial charge in [-0.3, -0.25) is 0 Å². The highest BCUT2D eigenvalue weighted by Gasteiger charge is 2.28. The van der Waals surface area contributed by atoms with Crippen LogP contribution < -0.4 is 5.32 Å². The molecule has 2 heterocycles. The van der Waals surface area contributed by atoms with E-state index in [1.807, 2.05) is 25.7 Å². The van der Waals surface area contributed by atoms with E-state index in [1.165, 1.54) is 27.6 Å². The third-order valence-electron chi connectivity index (χ3n) is 6.77. The van der Waals surface area contributed by atoms with Crippen molar-refractivity contribution < 1.29 is 9.53 Å². The second-order valence-electron chi connectivity index (χ2n) is 10.2. The van der Waals surface area contributed by atoms with Crippen molar-refractivity contribution in [2.75, 3.05) is 18.4 Å². The minimum absolute atomic E-state index is 0. The molecule has 1 aliphatic heterocycles. The zero-order valence-corrected chi connectivity index (χ0v) is 19.3. The number of aromatic amines is 1. The van der Waals surface area contributed by atoms with Crippen LogP contribution in [-0.4, -0.2) is 34.7 Å². The Morgan fingerprint density at radius 1 is 1.06 bits per heavy atom. The van der Waals surface area contributed by atoms with E-state index in [0.717, 1.165) is 44.5 Å². The van der Waals surface area contributed by atoms with Crippen molar-refractivity contribution in [3.63, 3.8) is 0 Å². The Balaban J connectivity index is 0.00000259. The number of H-pyrrole nitrogens is 1. The van der Waals surface area contributed by atoms with Crippen molar-refractivity contribution in [3.05, 3.63) is 65.4 Å². The third kappa shape index (κ3) is 4.87. The molecule has 5 heteroatoms. The molecular formula is C28H37N3O2. The molecule has 5 rings (SSSR count). The van der Waals surface area contributed by atoms with Crippen LogP contribution in [-0.2, 0) is 11.2 Å². The van der Waals surface area contributed by atoms with Crippen molar-refractivity contribution >= 4 is 22.7 Å². The summed E-state index contributed by atoms with van der Waals surface area (Å²) >= 11 is 0. The van der Waals surface area contributed by atoms with Crippen LogP contribution in [0.3, 0.4) is 0 Å². The molecule has 1 aromatic heterocycles. The van der Waals surface area contributed by atoms with Gasteiger partial charge in [-0.1, -0.05) is 37.8 Å². The maximum Gasteiger partial charge on any atom is 0.410 e. The number of likely N-dealkylation sites (tertiary alicyclic amines) is 1. The summed E-state index contributed by atoms with van der Waals surface area (Å²) in [5, 5.41) is 5.03. The Bertz CT molecular complexity index is 1120. The number of nitrogens with one attached hydrogen (secondary N) is 2. The largest absolute Gasteiger partial charge is 0.444 e. The minimum Gasteiger partial charge on any atom is -0.444 e. The average molecular weight is 448 g/mol. The molecule has 2 N–H and O–H groups in total. The molecule has 3 aromatic rings.